The third kappa shape index (κ3) is 3.09. The average Bonchev–Trinajstić information content (AvgIpc) is 2.41. The van der Waals surface area contributed by atoms with Crippen molar-refractivity contribution < 1.29 is 9.66 Å². The van der Waals surface area contributed by atoms with E-state index < -0.39 is 4.92 Å². The maximum absolute atomic E-state index is 10.5. The van der Waals surface area contributed by atoms with E-state index in [9.17, 15) is 10.1 Å². The van der Waals surface area contributed by atoms with Gasteiger partial charge in [-0.25, -0.2) is 0 Å². The molecule has 2 aromatic rings. The van der Waals surface area contributed by atoms with Crippen LogP contribution in [0, 0.1) is 17.0 Å². The number of aromatic nitrogens is 2. The van der Waals surface area contributed by atoms with Gasteiger partial charge in [-0.3, -0.25) is 10.1 Å². The highest BCUT2D eigenvalue weighted by molar-refractivity contribution is 5.39. The minimum atomic E-state index is -0.547. The number of rotatable bonds is 4. The molecule has 104 valence electrons. The van der Waals surface area contributed by atoms with Crippen LogP contribution in [0.5, 0.6) is 11.8 Å². The monoisotopic (exact) mass is 273 g/mol. The van der Waals surface area contributed by atoms with Gasteiger partial charge in [0, 0.05) is 0 Å². The van der Waals surface area contributed by atoms with E-state index in [0.717, 1.165) is 23.5 Å². The van der Waals surface area contributed by atoms with Crippen LogP contribution in [-0.2, 0) is 0 Å². The highest BCUT2D eigenvalue weighted by Crippen LogP contribution is 2.27. The molecular formula is C14H15N3O3. The zero-order valence-electron chi connectivity index (χ0n) is 11.5. The highest BCUT2D eigenvalue weighted by Gasteiger charge is 2.10. The lowest BCUT2D eigenvalue weighted by molar-refractivity contribution is -0.385. The first kappa shape index (κ1) is 13.9. The number of aryl methyl sites for hydroxylation is 1. The second kappa shape index (κ2) is 5.64. The Morgan fingerprint density at radius 3 is 2.45 bits per heavy atom. The summed E-state index contributed by atoms with van der Waals surface area (Å²) in [5.41, 5.74) is 1.94. The van der Waals surface area contributed by atoms with Crippen LogP contribution in [0.3, 0.4) is 0 Å². The maximum Gasteiger partial charge on any atom is 0.322 e. The SMILES string of the molecule is Cc1ccc(C(C)C)cc1Oc1ncc([N+](=O)[O-])cn1. The first-order chi connectivity index (χ1) is 9.47. The van der Waals surface area contributed by atoms with Crippen molar-refractivity contribution in [1.82, 2.24) is 9.97 Å². The molecule has 0 unspecified atom stereocenters. The molecule has 0 aliphatic carbocycles. The highest BCUT2D eigenvalue weighted by atomic mass is 16.6. The van der Waals surface area contributed by atoms with Crippen molar-refractivity contribution >= 4 is 5.69 Å². The second-order valence-electron chi connectivity index (χ2n) is 4.76. The third-order valence-electron chi connectivity index (χ3n) is 2.91. The Balaban J connectivity index is 2.25. The molecule has 0 saturated heterocycles. The maximum atomic E-state index is 10.5. The van der Waals surface area contributed by atoms with E-state index in [2.05, 4.69) is 23.8 Å². The summed E-state index contributed by atoms with van der Waals surface area (Å²) >= 11 is 0. The van der Waals surface area contributed by atoms with Crippen LogP contribution in [-0.4, -0.2) is 14.9 Å². The zero-order chi connectivity index (χ0) is 14.7. The predicted octanol–water partition coefficient (Wildman–Crippen LogP) is 3.61. The van der Waals surface area contributed by atoms with Gasteiger partial charge in [-0.15, -0.1) is 0 Å². The van der Waals surface area contributed by atoms with Gasteiger partial charge in [0.15, 0.2) is 0 Å². The van der Waals surface area contributed by atoms with Gasteiger partial charge < -0.3 is 4.74 Å². The number of nitro groups is 1. The lowest BCUT2D eigenvalue weighted by Gasteiger charge is -2.11. The van der Waals surface area contributed by atoms with Crippen LogP contribution >= 0.6 is 0 Å². The molecular weight excluding hydrogens is 258 g/mol. The summed E-state index contributed by atoms with van der Waals surface area (Å²) in [5, 5.41) is 10.5. The number of hydrogen-bond acceptors (Lipinski definition) is 5. The van der Waals surface area contributed by atoms with E-state index in [1.54, 1.807) is 0 Å². The molecule has 2 rings (SSSR count). The van der Waals surface area contributed by atoms with Gasteiger partial charge in [0.2, 0.25) is 0 Å². The van der Waals surface area contributed by atoms with Crippen molar-refractivity contribution in [3.63, 3.8) is 0 Å². The number of nitrogens with zero attached hydrogens (tertiary/aromatic N) is 3. The molecule has 0 saturated carbocycles. The fourth-order valence-corrected chi connectivity index (χ4v) is 1.64. The standard InChI is InChI=1S/C14H15N3O3/c1-9(2)11-5-4-10(3)13(6-11)20-14-15-7-12(8-16-14)17(18)19/h4-9H,1-3H3. The molecule has 20 heavy (non-hydrogen) atoms. The van der Waals surface area contributed by atoms with Crippen LogP contribution in [0.2, 0.25) is 0 Å². The Morgan fingerprint density at radius 1 is 1.25 bits per heavy atom. The number of ether oxygens (including phenoxy) is 1. The first-order valence-corrected chi connectivity index (χ1v) is 6.22. The van der Waals surface area contributed by atoms with E-state index in [-0.39, 0.29) is 11.7 Å². The summed E-state index contributed by atoms with van der Waals surface area (Å²) < 4.78 is 5.59. The summed E-state index contributed by atoms with van der Waals surface area (Å²) in [6, 6.07) is 6.05. The Kier molecular flexibility index (Phi) is 3.93. The molecule has 0 spiro atoms. The minimum Gasteiger partial charge on any atom is -0.424 e. The molecule has 0 atom stereocenters. The Labute approximate surface area is 116 Å². The Hall–Kier alpha value is -2.50. The molecule has 1 heterocycles. The third-order valence-corrected chi connectivity index (χ3v) is 2.91. The van der Waals surface area contributed by atoms with Crippen molar-refractivity contribution in [2.45, 2.75) is 26.7 Å². The normalized spacial score (nSPS) is 10.6. The van der Waals surface area contributed by atoms with Crippen molar-refractivity contribution in [3.05, 3.63) is 51.8 Å². The van der Waals surface area contributed by atoms with Gasteiger partial charge in [-0.05, 0) is 30.0 Å². The summed E-state index contributed by atoms with van der Waals surface area (Å²) in [6.07, 6.45) is 2.26. The Morgan fingerprint density at radius 2 is 1.90 bits per heavy atom. The van der Waals surface area contributed by atoms with Crippen LogP contribution in [0.4, 0.5) is 5.69 Å². The van der Waals surface area contributed by atoms with E-state index in [0.29, 0.717) is 11.7 Å². The van der Waals surface area contributed by atoms with Crippen LogP contribution in [0.15, 0.2) is 30.6 Å². The van der Waals surface area contributed by atoms with Crippen molar-refractivity contribution in [2.24, 2.45) is 0 Å². The van der Waals surface area contributed by atoms with E-state index >= 15 is 0 Å². The molecule has 0 N–H and O–H groups in total. The summed E-state index contributed by atoms with van der Waals surface area (Å²) in [7, 11) is 0. The molecule has 1 aromatic heterocycles. The topological polar surface area (TPSA) is 78.2 Å². The largest absolute Gasteiger partial charge is 0.424 e. The molecule has 6 heteroatoms. The van der Waals surface area contributed by atoms with Gasteiger partial charge in [0.1, 0.15) is 18.1 Å². The summed E-state index contributed by atoms with van der Waals surface area (Å²) in [6.45, 7) is 6.11. The summed E-state index contributed by atoms with van der Waals surface area (Å²) in [5.74, 6) is 1.04. The van der Waals surface area contributed by atoms with E-state index in [4.69, 9.17) is 4.74 Å². The van der Waals surface area contributed by atoms with Crippen molar-refractivity contribution in [2.75, 3.05) is 0 Å². The predicted molar refractivity (Wildman–Crippen MR) is 74.0 cm³/mol. The van der Waals surface area contributed by atoms with Crippen LogP contribution < -0.4 is 4.74 Å². The van der Waals surface area contributed by atoms with Gasteiger partial charge >= 0.3 is 11.7 Å². The molecule has 6 nitrogen and oxygen atoms in total. The average molecular weight is 273 g/mol. The smallest absolute Gasteiger partial charge is 0.322 e. The minimum absolute atomic E-state index is 0.0969. The van der Waals surface area contributed by atoms with Gasteiger partial charge in [-0.2, -0.15) is 9.97 Å². The van der Waals surface area contributed by atoms with E-state index in [1.807, 2.05) is 25.1 Å². The van der Waals surface area contributed by atoms with Crippen molar-refractivity contribution in [3.8, 4) is 11.8 Å². The van der Waals surface area contributed by atoms with Crippen LogP contribution in [0.25, 0.3) is 0 Å². The second-order valence-corrected chi connectivity index (χ2v) is 4.76. The quantitative estimate of drug-likeness (QED) is 0.628. The molecule has 0 amide bonds. The number of hydrogen-bond donors (Lipinski definition) is 0. The summed E-state index contributed by atoms with van der Waals surface area (Å²) in [4.78, 5) is 17.7. The van der Waals surface area contributed by atoms with Crippen LogP contribution in [0.1, 0.15) is 30.9 Å². The fraction of sp³-hybridized carbons (Fsp3) is 0.286. The lowest BCUT2D eigenvalue weighted by atomic mass is 10.0. The van der Waals surface area contributed by atoms with Gasteiger partial charge in [0.25, 0.3) is 0 Å². The number of benzene rings is 1. The Bertz CT molecular complexity index is 624. The zero-order valence-corrected chi connectivity index (χ0v) is 11.5. The molecule has 0 bridgehead atoms. The molecule has 0 aliphatic rings. The fourth-order valence-electron chi connectivity index (χ4n) is 1.64. The molecule has 0 radical (unpaired) electrons. The molecule has 0 fully saturated rings. The molecule has 0 aliphatic heterocycles. The lowest BCUT2D eigenvalue weighted by Crippen LogP contribution is -1.97. The van der Waals surface area contributed by atoms with Gasteiger partial charge in [-0.1, -0.05) is 26.0 Å². The van der Waals surface area contributed by atoms with Crippen molar-refractivity contribution in [1.29, 1.82) is 0 Å². The first-order valence-electron chi connectivity index (χ1n) is 6.22. The molecule has 1 aromatic carbocycles. The van der Waals surface area contributed by atoms with Gasteiger partial charge in [0.05, 0.1) is 4.92 Å². The van der Waals surface area contributed by atoms with E-state index in [1.165, 1.54) is 0 Å².